The number of carboxylic acid groups (broad SMARTS) is 1. The van der Waals surface area contributed by atoms with Gasteiger partial charge < -0.3 is 5.11 Å². The highest BCUT2D eigenvalue weighted by molar-refractivity contribution is 9.10. The third-order valence-corrected chi connectivity index (χ3v) is 1.87. The number of carbonyl (C=O) groups is 1. The van der Waals surface area contributed by atoms with Crippen molar-refractivity contribution in [2.45, 2.75) is 0 Å². The van der Waals surface area contributed by atoms with Gasteiger partial charge >= 0.3 is 5.97 Å². The molecule has 1 heterocycles. The van der Waals surface area contributed by atoms with Crippen molar-refractivity contribution in [3.05, 3.63) is 27.5 Å². The van der Waals surface area contributed by atoms with Crippen LogP contribution in [0.2, 0.25) is 5.02 Å². The monoisotopic (exact) mass is 235 g/mol. The zero-order chi connectivity index (χ0) is 8.43. The van der Waals surface area contributed by atoms with Gasteiger partial charge in [-0.05, 0) is 22.0 Å². The van der Waals surface area contributed by atoms with Crippen molar-refractivity contribution in [1.82, 2.24) is 4.98 Å². The maximum atomic E-state index is 10.4. The topological polar surface area (TPSA) is 50.2 Å². The Kier molecular flexibility index (Phi) is 2.46. The minimum absolute atomic E-state index is 0.0671. The van der Waals surface area contributed by atoms with Gasteiger partial charge in [-0.15, -0.1) is 0 Å². The van der Waals surface area contributed by atoms with E-state index in [1.54, 1.807) is 0 Å². The summed E-state index contributed by atoms with van der Waals surface area (Å²) in [4.78, 5) is 14.1. The lowest BCUT2D eigenvalue weighted by Crippen LogP contribution is -1.98. The molecule has 1 rings (SSSR count). The molecular weight excluding hydrogens is 233 g/mol. The number of nitrogens with zero attached hydrogens (tertiary/aromatic N) is 1. The highest BCUT2D eigenvalue weighted by atomic mass is 79.9. The van der Waals surface area contributed by atoms with Crippen LogP contribution in [0.25, 0.3) is 0 Å². The first-order chi connectivity index (χ1) is 5.11. The Bertz CT molecular complexity index is 303. The fourth-order valence-electron chi connectivity index (χ4n) is 0.573. The molecule has 1 aromatic rings. The Morgan fingerprint density at radius 3 is 2.82 bits per heavy atom. The van der Waals surface area contributed by atoms with E-state index >= 15 is 0 Å². The van der Waals surface area contributed by atoms with E-state index in [0.717, 1.165) is 0 Å². The first-order valence-electron chi connectivity index (χ1n) is 2.65. The maximum Gasteiger partial charge on any atom is 0.338 e. The van der Waals surface area contributed by atoms with Crippen molar-refractivity contribution in [3.8, 4) is 0 Å². The third kappa shape index (κ3) is 1.91. The van der Waals surface area contributed by atoms with Crippen LogP contribution in [0.3, 0.4) is 0 Å². The average molecular weight is 236 g/mol. The molecule has 1 aromatic heterocycles. The fourth-order valence-corrected chi connectivity index (χ4v) is 1.12. The standard InChI is InChI=1S/C6H3BrClNO2/c7-5-4(6(10)11)1-3(8)2-9-5/h1-2H,(H,10,11). The van der Waals surface area contributed by atoms with Crippen LogP contribution >= 0.6 is 27.5 Å². The Hall–Kier alpha value is -0.610. The minimum atomic E-state index is -1.05. The molecule has 58 valence electrons. The van der Waals surface area contributed by atoms with Gasteiger partial charge in [0.05, 0.1) is 10.6 Å². The van der Waals surface area contributed by atoms with Crippen LogP contribution in [0.4, 0.5) is 0 Å². The highest BCUT2D eigenvalue weighted by Gasteiger charge is 2.08. The number of hydrogen-bond acceptors (Lipinski definition) is 2. The van der Waals surface area contributed by atoms with Gasteiger partial charge in [-0.25, -0.2) is 9.78 Å². The van der Waals surface area contributed by atoms with Gasteiger partial charge in [0.25, 0.3) is 0 Å². The van der Waals surface area contributed by atoms with Crippen molar-refractivity contribution >= 4 is 33.5 Å². The van der Waals surface area contributed by atoms with Gasteiger partial charge in [0.1, 0.15) is 4.60 Å². The van der Waals surface area contributed by atoms with E-state index in [1.165, 1.54) is 12.3 Å². The van der Waals surface area contributed by atoms with Crippen molar-refractivity contribution < 1.29 is 9.90 Å². The van der Waals surface area contributed by atoms with Crippen LogP contribution in [0.15, 0.2) is 16.9 Å². The van der Waals surface area contributed by atoms with Crippen LogP contribution in [0.5, 0.6) is 0 Å². The Morgan fingerprint density at radius 2 is 2.36 bits per heavy atom. The molecule has 5 heteroatoms. The molecule has 0 aliphatic rings. The highest BCUT2D eigenvalue weighted by Crippen LogP contribution is 2.17. The van der Waals surface area contributed by atoms with Crippen LogP contribution in [0.1, 0.15) is 10.4 Å². The Labute approximate surface area is 76.1 Å². The Balaban J connectivity index is 3.23. The first kappa shape index (κ1) is 8.49. The normalized spacial score (nSPS) is 9.64. The number of rotatable bonds is 1. The van der Waals surface area contributed by atoms with Gasteiger partial charge in [0.15, 0.2) is 0 Å². The predicted molar refractivity (Wildman–Crippen MR) is 43.9 cm³/mol. The molecule has 0 atom stereocenters. The van der Waals surface area contributed by atoms with Crippen LogP contribution < -0.4 is 0 Å². The van der Waals surface area contributed by atoms with E-state index in [-0.39, 0.29) is 10.2 Å². The van der Waals surface area contributed by atoms with Crippen LogP contribution in [-0.2, 0) is 0 Å². The zero-order valence-electron chi connectivity index (χ0n) is 5.21. The Morgan fingerprint density at radius 1 is 1.73 bits per heavy atom. The summed E-state index contributed by atoms with van der Waals surface area (Å²) in [6.07, 6.45) is 1.37. The summed E-state index contributed by atoms with van der Waals surface area (Å²) in [5.41, 5.74) is 0.0671. The molecule has 0 bridgehead atoms. The SMILES string of the molecule is O=C(O)c1cc(Cl)cnc1Br. The predicted octanol–water partition coefficient (Wildman–Crippen LogP) is 2.20. The summed E-state index contributed by atoms with van der Waals surface area (Å²) in [6, 6.07) is 1.33. The van der Waals surface area contributed by atoms with Gasteiger partial charge in [-0.3, -0.25) is 0 Å². The van der Waals surface area contributed by atoms with E-state index in [0.29, 0.717) is 5.02 Å². The zero-order valence-corrected chi connectivity index (χ0v) is 7.56. The molecular formula is C6H3BrClNO2. The smallest absolute Gasteiger partial charge is 0.338 e. The van der Waals surface area contributed by atoms with Gasteiger partial charge in [-0.1, -0.05) is 11.6 Å². The number of hydrogen-bond donors (Lipinski definition) is 1. The third-order valence-electron chi connectivity index (χ3n) is 1.04. The summed E-state index contributed by atoms with van der Waals surface area (Å²) in [5.74, 6) is -1.05. The number of aromatic carboxylic acids is 1. The van der Waals surface area contributed by atoms with Gasteiger partial charge in [-0.2, -0.15) is 0 Å². The molecule has 0 amide bonds. The molecule has 0 saturated heterocycles. The molecule has 0 spiro atoms. The summed E-state index contributed by atoms with van der Waals surface area (Å²) in [6.45, 7) is 0. The lowest BCUT2D eigenvalue weighted by molar-refractivity contribution is 0.0695. The lowest BCUT2D eigenvalue weighted by atomic mass is 10.3. The molecule has 0 radical (unpaired) electrons. The molecule has 11 heavy (non-hydrogen) atoms. The molecule has 0 saturated carbocycles. The fraction of sp³-hybridized carbons (Fsp3) is 0. The maximum absolute atomic E-state index is 10.4. The number of aromatic nitrogens is 1. The van der Waals surface area contributed by atoms with Crippen LogP contribution in [-0.4, -0.2) is 16.1 Å². The second kappa shape index (κ2) is 3.19. The van der Waals surface area contributed by atoms with Crippen molar-refractivity contribution in [2.75, 3.05) is 0 Å². The molecule has 0 unspecified atom stereocenters. The van der Waals surface area contributed by atoms with Gasteiger partial charge in [0.2, 0.25) is 0 Å². The van der Waals surface area contributed by atoms with E-state index in [4.69, 9.17) is 16.7 Å². The average Bonchev–Trinajstić information content (AvgIpc) is 1.94. The number of halogens is 2. The van der Waals surface area contributed by atoms with E-state index in [2.05, 4.69) is 20.9 Å². The molecule has 3 nitrogen and oxygen atoms in total. The van der Waals surface area contributed by atoms with Crippen molar-refractivity contribution in [1.29, 1.82) is 0 Å². The summed E-state index contributed by atoms with van der Waals surface area (Å²) < 4.78 is 0.286. The van der Waals surface area contributed by atoms with E-state index < -0.39 is 5.97 Å². The minimum Gasteiger partial charge on any atom is -0.478 e. The summed E-state index contributed by atoms with van der Waals surface area (Å²) in [7, 11) is 0. The summed E-state index contributed by atoms with van der Waals surface area (Å²) in [5, 5.41) is 8.87. The van der Waals surface area contributed by atoms with Crippen LogP contribution in [0, 0.1) is 0 Å². The second-order valence-corrected chi connectivity index (χ2v) is 2.98. The van der Waals surface area contributed by atoms with E-state index in [1.807, 2.05) is 0 Å². The second-order valence-electron chi connectivity index (χ2n) is 1.80. The first-order valence-corrected chi connectivity index (χ1v) is 3.82. The number of carboxylic acids is 1. The quantitative estimate of drug-likeness (QED) is 0.761. The number of pyridine rings is 1. The summed E-state index contributed by atoms with van der Waals surface area (Å²) >= 11 is 8.49. The molecule has 0 aliphatic heterocycles. The molecule has 0 fully saturated rings. The largest absolute Gasteiger partial charge is 0.478 e. The molecule has 0 aromatic carbocycles. The van der Waals surface area contributed by atoms with Crippen molar-refractivity contribution in [3.63, 3.8) is 0 Å². The molecule has 0 aliphatic carbocycles. The molecule has 1 N–H and O–H groups in total. The lowest BCUT2D eigenvalue weighted by Gasteiger charge is -1.96. The van der Waals surface area contributed by atoms with Crippen molar-refractivity contribution in [2.24, 2.45) is 0 Å². The van der Waals surface area contributed by atoms with Gasteiger partial charge in [0, 0.05) is 6.20 Å². The van der Waals surface area contributed by atoms with E-state index in [9.17, 15) is 4.79 Å².